The van der Waals surface area contributed by atoms with Crippen LogP contribution in [-0.4, -0.2) is 22.2 Å². The first-order valence-electron chi connectivity index (χ1n) is 7.19. The van der Waals surface area contributed by atoms with Gasteiger partial charge in [-0.2, -0.15) is 26.3 Å². The van der Waals surface area contributed by atoms with Gasteiger partial charge < -0.3 is 14.6 Å². The van der Waals surface area contributed by atoms with E-state index in [1.165, 1.54) is 19.1 Å². The zero-order valence-electron chi connectivity index (χ0n) is 13.4. The maximum Gasteiger partial charge on any atom is 0.421 e. The van der Waals surface area contributed by atoms with Gasteiger partial charge in [-0.15, -0.1) is 0 Å². The first-order valence-corrected chi connectivity index (χ1v) is 7.19. The molecule has 0 fully saturated rings. The van der Waals surface area contributed by atoms with Crippen LogP contribution in [0.5, 0.6) is 17.4 Å². The Bertz CT molecular complexity index is 817. The highest BCUT2D eigenvalue weighted by molar-refractivity contribution is 5.72. The molecular weight excluding hydrogens is 384 g/mol. The molecule has 0 spiro atoms. The Hall–Kier alpha value is -2.98. The third-order valence-corrected chi connectivity index (χ3v) is 3.18. The summed E-state index contributed by atoms with van der Waals surface area (Å²) in [6.07, 6.45) is -11.0. The van der Waals surface area contributed by atoms with Crippen molar-refractivity contribution in [1.29, 1.82) is 0 Å². The van der Waals surface area contributed by atoms with E-state index in [1.54, 1.807) is 0 Å². The number of carboxylic acid groups (broad SMARTS) is 1. The van der Waals surface area contributed by atoms with E-state index in [1.807, 2.05) is 0 Å². The fraction of sp³-hybridized carbons (Fsp3) is 0.250. The average molecular weight is 395 g/mol. The van der Waals surface area contributed by atoms with Crippen LogP contribution in [0.15, 0.2) is 36.5 Å². The quantitative estimate of drug-likeness (QED) is 0.740. The summed E-state index contributed by atoms with van der Waals surface area (Å²) in [4.78, 5) is 13.8. The molecule has 27 heavy (non-hydrogen) atoms. The minimum Gasteiger partial charge on any atom is -0.479 e. The number of aliphatic carboxylic acids is 1. The highest BCUT2D eigenvalue weighted by Crippen LogP contribution is 2.40. The van der Waals surface area contributed by atoms with Gasteiger partial charge in [0.05, 0.1) is 5.56 Å². The molecule has 1 heterocycles. The lowest BCUT2D eigenvalue weighted by molar-refractivity contribution is -0.145. The highest BCUT2D eigenvalue weighted by Gasteiger charge is 2.40. The molecule has 1 aromatic heterocycles. The predicted molar refractivity (Wildman–Crippen MR) is 78.5 cm³/mol. The van der Waals surface area contributed by atoms with E-state index in [4.69, 9.17) is 14.6 Å². The summed E-state index contributed by atoms with van der Waals surface area (Å²) >= 11 is 0. The van der Waals surface area contributed by atoms with Gasteiger partial charge in [0, 0.05) is 6.20 Å². The summed E-state index contributed by atoms with van der Waals surface area (Å²) in [5, 5.41) is 8.73. The predicted octanol–water partition coefficient (Wildman–Crippen LogP) is 4.76. The van der Waals surface area contributed by atoms with E-state index >= 15 is 0 Å². The van der Waals surface area contributed by atoms with Crippen LogP contribution in [0.25, 0.3) is 0 Å². The van der Waals surface area contributed by atoms with Crippen LogP contribution in [0.2, 0.25) is 0 Å². The molecule has 0 saturated carbocycles. The summed E-state index contributed by atoms with van der Waals surface area (Å²) in [7, 11) is 0. The molecule has 0 aliphatic heterocycles. The summed E-state index contributed by atoms with van der Waals surface area (Å²) in [6, 6.07) is 4.68. The van der Waals surface area contributed by atoms with Crippen LogP contribution in [0.3, 0.4) is 0 Å². The number of alkyl halides is 6. The number of carboxylic acids is 1. The van der Waals surface area contributed by atoms with E-state index in [-0.39, 0.29) is 23.8 Å². The number of rotatable bonds is 5. The normalized spacial score (nSPS) is 13.1. The molecule has 0 radical (unpaired) electrons. The SMILES string of the molecule is CC(Oc1ccc(Oc2ncc(C(F)(F)F)cc2C(F)(F)F)cc1)C(=O)O. The molecule has 0 aliphatic carbocycles. The summed E-state index contributed by atoms with van der Waals surface area (Å²) in [6.45, 7) is 1.27. The average Bonchev–Trinajstić information content (AvgIpc) is 2.54. The minimum absolute atomic E-state index is 0.0889. The Morgan fingerprint density at radius 3 is 2.07 bits per heavy atom. The van der Waals surface area contributed by atoms with Crippen LogP contribution in [0, 0.1) is 0 Å². The van der Waals surface area contributed by atoms with Gasteiger partial charge in [-0.05, 0) is 37.3 Å². The summed E-state index contributed by atoms with van der Waals surface area (Å²) < 4.78 is 86.9. The fourth-order valence-corrected chi connectivity index (χ4v) is 1.84. The highest BCUT2D eigenvalue weighted by atomic mass is 19.4. The Labute approximate surface area is 148 Å². The standard InChI is InChI=1S/C16H11F6NO4/c1-8(14(24)25)26-10-2-4-11(5-3-10)27-13-12(16(20,21)22)6-9(7-23-13)15(17,18)19/h2-8H,1H3,(H,24,25). The molecule has 1 atom stereocenters. The number of aromatic nitrogens is 1. The monoisotopic (exact) mass is 395 g/mol. The number of pyridine rings is 1. The molecule has 0 bridgehead atoms. The second-order valence-electron chi connectivity index (χ2n) is 5.24. The smallest absolute Gasteiger partial charge is 0.421 e. The van der Waals surface area contributed by atoms with Gasteiger partial charge in [-0.25, -0.2) is 9.78 Å². The third-order valence-electron chi connectivity index (χ3n) is 3.18. The Balaban J connectivity index is 2.27. The van der Waals surface area contributed by atoms with Crippen molar-refractivity contribution in [2.45, 2.75) is 25.4 Å². The molecule has 0 saturated heterocycles. The lowest BCUT2D eigenvalue weighted by Crippen LogP contribution is -2.22. The van der Waals surface area contributed by atoms with Crippen LogP contribution in [-0.2, 0) is 17.1 Å². The maximum atomic E-state index is 13.0. The van der Waals surface area contributed by atoms with Crippen molar-refractivity contribution in [1.82, 2.24) is 4.98 Å². The fourth-order valence-electron chi connectivity index (χ4n) is 1.84. The number of hydrogen-bond acceptors (Lipinski definition) is 4. The molecular formula is C16H11F6NO4. The lowest BCUT2D eigenvalue weighted by atomic mass is 10.2. The number of ether oxygens (including phenoxy) is 2. The van der Waals surface area contributed by atoms with Crippen molar-refractivity contribution in [3.05, 3.63) is 47.7 Å². The van der Waals surface area contributed by atoms with Gasteiger partial charge in [0.1, 0.15) is 17.1 Å². The van der Waals surface area contributed by atoms with Crippen molar-refractivity contribution >= 4 is 5.97 Å². The number of nitrogens with zero attached hydrogens (tertiary/aromatic N) is 1. The van der Waals surface area contributed by atoms with E-state index < -0.39 is 41.4 Å². The summed E-state index contributed by atoms with van der Waals surface area (Å²) in [5.74, 6) is -2.33. The second-order valence-corrected chi connectivity index (χ2v) is 5.24. The van der Waals surface area contributed by atoms with E-state index in [9.17, 15) is 31.1 Å². The van der Waals surface area contributed by atoms with E-state index in [0.29, 0.717) is 0 Å². The topological polar surface area (TPSA) is 68.7 Å². The molecule has 0 amide bonds. The zero-order chi connectivity index (χ0) is 20.4. The van der Waals surface area contributed by atoms with Gasteiger partial charge in [0.25, 0.3) is 0 Å². The van der Waals surface area contributed by atoms with Gasteiger partial charge in [0.15, 0.2) is 6.10 Å². The molecule has 2 rings (SSSR count). The van der Waals surface area contributed by atoms with Crippen molar-refractivity contribution in [3.8, 4) is 17.4 Å². The number of benzene rings is 1. The van der Waals surface area contributed by atoms with Crippen LogP contribution >= 0.6 is 0 Å². The first-order chi connectivity index (χ1) is 12.4. The van der Waals surface area contributed by atoms with Crippen LogP contribution in [0.4, 0.5) is 26.3 Å². The lowest BCUT2D eigenvalue weighted by Gasteiger charge is -2.15. The van der Waals surface area contributed by atoms with Gasteiger partial charge in [-0.1, -0.05) is 0 Å². The number of carbonyl (C=O) groups is 1. The molecule has 146 valence electrons. The minimum atomic E-state index is -5.12. The second kappa shape index (κ2) is 7.33. The van der Waals surface area contributed by atoms with Crippen LogP contribution in [0.1, 0.15) is 18.1 Å². The molecule has 2 aromatic rings. The van der Waals surface area contributed by atoms with Crippen LogP contribution < -0.4 is 9.47 Å². The summed E-state index contributed by atoms with van der Waals surface area (Å²) in [5.41, 5.74) is -3.24. The van der Waals surface area contributed by atoms with Crippen molar-refractivity contribution < 1.29 is 45.7 Å². The van der Waals surface area contributed by atoms with Crippen molar-refractivity contribution in [3.63, 3.8) is 0 Å². The van der Waals surface area contributed by atoms with E-state index in [2.05, 4.69) is 4.98 Å². The van der Waals surface area contributed by atoms with Gasteiger partial charge >= 0.3 is 18.3 Å². The molecule has 11 heteroatoms. The molecule has 1 aromatic carbocycles. The molecule has 0 aliphatic rings. The maximum absolute atomic E-state index is 13.0. The first kappa shape index (κ1) is 20.3. The zero-order valence-corrected chi connectivity index (χ0v) is 13.4. The third kappa shape index (κ3) is 5.25. The Kier molecular flexibility index (Phi) is 5.52. The Morgan fingerprint density at radius 1 is 1.04 bits per heavy atom. The van der Waals surface area contributed by atoms with Crippen molar-refractivity contribution in [2.75, 3.05) is 0 Å². The van der Waals surface area contributed by atoms with Gasteiger partial charge in [-0.3, -0.25) is 0 Å². The number of hydrogen-bond donors (Lipinski definition) is 1. The van der Waals surface area contributed by atoms with Crippen molar-refractivity contribution in [2.24, 2.45) is 0 Å². The largest absolute Gasteiger partial charge is 0.479 e. The van der Waals surface area contributed by atoms with Gasteiger partial charge in [0.2, 0.25) is 5.88 Å². The van der Waals surface area contributed by atoms with E-state index in [0.717, 1.165) is 12.1 Å². The molecule has 1 N–H and O–H groups in total. The Morgan fingerprint density at radius 2 is 1.59 bits per heavy atom. The molecule has 1 unspecified atom stereocenters. The molecule has 5 nitrogen and oxygen atoms in total. The number of halogens is 6.